The summed E-state index contributed by atoms with van der Waals surface area (Å²) >= 11 is 0. The Bertz CT molecular complexity index is 745. The van der Waals surface area contributed by atoms with E-state index < -0.39 is 11.6 Å². The van der Waals surface area contributed by atoms with Gasteiger partial charge in [0.2, 0.25) is 11.6 Å². The van der Waals surface area contributed by atoms with Crippen LogP contribution >= 0.6 is 0 Å². The summed E-state index contributed by atoms with van der Waals surface area (Å²) in [5.41, 5.74) is 1.19. The van der Waals surface area contributed by atoms with Crippen LogP contribution in [0.5, 0.6) is 11.5 Å². The molecule has 2 saturated carbocycles. The standard InChI is InChI=1S/C25H32F2O2/c1-2-17-5-9-20(10-6-17)21-11-7-19(8-12-21)16-29-23-14-13-22(24(26)25(23)27)28-15-18-3-4-18/h2,7,13-14,17-18,20-21H,1,3-6,8-12,15-16H2. The van der Waals surface area contributed by atoms with Crippen molar-refractivity contribution in [2.24, 2.45) is 23.7 Å². The van der Waals surface area contributed by atoms with Crippen LogP contribution in [0.2, 0.25) is 0 Å². The van der Waals surface area contributed by atoms with Crippen molar-refractivity contribution in [1.29, 1.82) is 0 Å². The van der Waals surface area contributed by atoms with Crippen LogP contribution in [0.15, 0.2) is 36.4 Å². The van der Waals surface area contributed by atoms with E-state index in [0.29, 0.717) is 25.0 Å². The summed E-state index contributed by atoms with van der Waals surface area (Å²) in [6, 6.07) is 2.95. The molecule has 0 N–H and O–H groups in total. The maximum absolute atomic E-state index is 14.3. The van der Waals surface area contributed by atoms with Crippen molar-refractivity contribution < 1.29 is 18.3 Å². The quantitative estimate of drug-likeness (QED) is 0.443. The Morgan fingerprint density at radius 2 is 1.59 bits per heavy atom. The van der Waals surface area contributed by atoms with Gasteiger partial charge in [-0.3, -0.25) is 0 Å². The molecule has 4 heteroatoms. The van der Waals surface area contributed by atoms with Crippen LogP contribution in [0.25, 0.3) is 0 Å². The molecule has 0 bridgehead atoms. The second-order valence-corrected chi connectivity index (χ2v) is 9.04. The zero-order chi connectivity index (χ0) is 20.2. The SMILES string of the molecule is C=CC1CCC(C2CC=C(COc3ccc(OCC4CC4)c(F)c3F)CC2)CC1. The van der Waals surface area contributed by atoms with E-state index in [-0.39, 0.29) is 11.5 Å². The minimum absolute atomic E-state index is 0.0207. The van der Waals surface area contributed by atoms with Crippen LogP contribution in [0.1, 0.15) is 57.8 Å². The Kier molecular flexibility index (Phi) is 6.56. The largest absolute Gasteiger partial charge is 0.490 e. The van der Waals surface area contributed by atoms with Gasteiger partial charge in [0.15, 0.2) is 11.5 Å². The summed E-state index contributed by atoms with van der Waals surface area (Å²) in [6.07, 6.45) is 15.0. The Morgan fingerprint density at radius 1 is 0.897 bits per heavy atom. The molecule has 0 saturated heterocycles. The number of rotatable bonds is 8. The summed E-state index contributed by atoms with van der Waals surface area (Å²) in [4.78, 5) is 0. The first-order chi connectivity index (χ1) is 14.1. The average molecular weight is 403 g/mol. The van der Waals surface area contributed by atoms with E-state index in [2.05, 4.69) is 18.7 Å². The molecule has 0 amide bonds. The molecule has 0 spiro atoms. The smallest absolute Gasteiger partial charge is 0.204 e. The van der Waals surface area contributed by atoms with Crippen molar-refractivity contribution >= 4 is 0 Å². The third-order valence-corrected chi connectivity index (χ3v) is 6.96. The van der Waals surface area contributed by atoms with Crippen LogP contribution in [0.4, 0.5) is 8.78 Å². The van der Waals surface area contributed by atoms with Crippen molar-refractivity contribution in [3.05, 3.63) is 48.1 Å². The fraction of sp³-hybridized carbons (Fsp3) is 0.600. The van der Waals surface area contributed by atoms with E-state index in [1.807, 2.05) is 0 Å². The van der Waals surface area contributed by atoms with Crippen molar-refractivity contribution in [3.8, 4) is 11.5 Å². The first kappa shape index (κ1) is 20.4. The number of allylic oxidation sites excluding steroid dienone is 2. The molecule has 0 aliphatic heterocycles. The Balaban J connectivity index is 1.26. The third-order valence-electron chi connectivity index (χ3n) is 6.96. The average Bonchev–Trinajstić information content (AvgIpc) is 3.59. The van der Waals surface area contributed by atoms with Crippen LogP contribution in [0.3, 0.4) is 0 Å². The van der Waals surface area contributed by atoms with Gasteiger partial charge in [-0.1, -0.05) is 12.2 Å². The summed E-state index contributed by atoms with van der Waals surface area (Å²) in [5, 5.41) is 0. The number of halogens is 2. The van der Waals surface area contributed by atoms with Gasteiger partial charge in [0.1, 0.15) is 6.61 Å². The van der Waals surface area contributed by atoms with E-state index >= 15 is 0 Å². The lowest BCUT2D eigenvalue weighted by molar-refractivity contribution is 0.206. The minimum Gasteiger partial charge on any atom is -0.490 e. The lowest BCUT2D eigenvalue weighted by Gasteiger charge is -2.34. The topological polar surface area (TPSA) is 18.5 Å². The van der Waals surface area contributed by atoms with Gasteiger partial charge in [0.25, 0.3) is 0 Å². The fourth-order valence-electron chi connectivity index (χ4n) is 4.72. The predicted molar refractivity (Wildman–Crippen MR) is 111 cm³/mol. The van der Waals surface area contributed by atoms with E-state index in [0.717, 1.165) is 37.5 Å². The van der Waals surface area contributed by atoms with Gasteiger partial charge in [0, 0.05) is 0 Å². The third kappa shape index (κ3) is 5.21. The molecule has 2 fully saturated rings. The maximum Gasteiger partial charge on any atom is 0.204 e. The molecule has 0 radical (unpaired) electrons. The van der Waals surface area contributed by atoms with E-state index in [1.54, 1.807) is 0 Å². The highest BCUT2D eigenvalue weighted by molar-refractivity contribution is 5.35. The normalized spacial score (nSPS) is 27.2. The first-order valence-corrected chi connectivity index (χ1v) is 11.2. The van der Waals surface area contributed by atoms with Crippen LogP contribution in [0, 0.1) is 35.3 Å². The Hall–Kier alpha value is -1.84. The predicted octanol–water partition coefficient (Wildman–Crippen LogP) is 6.85. The molecule has 0 aromatic heterocycles. The van der Waals surface area contributed by atoms with Crippen molar-refractivity contribution in [2.45, 2.75) is 57.8 Å². The zero-order valence-electron chi connectivity index (χ0n) is 17.2. The van der Waals surface area contributed by atoms with Gasteiger partial charge in [-0.25, -0.2) is 0 Å². The summed E-state index contributed by atoms with van der Waals surface area (Å²) in [7, 11) is 0. The van der Waals surface area contributed by atoms with Crippen molar-refractivity contribution in [3.63, 3.8) is 0 Å². The molecule has 158 valence electrons. The molecule has 1 aromatic carbocycles. The molecule has 1 aromatic rings. The molecule has 1 unspecified atom stereocenters. The number of ether oxygens (including phenoxy) is 2. The lowest BCUT2D eigenvalue weighted by atomic mass is 9.71. The van der Waals surface area contributed by atoms with Gasteiger partial charge < -0.3 is 9.47 Å². The number of hydrogen-bond donors (Lipinski definition) is 0. The molecule has 1 atom stereocenters. The van der Waals surface area contributed by atoms with Gasteiger partial charge in [-0.15, -0.1) is 6.58 Å². The van der Waals surface area contributed by atoms with Crippen molar-refractivity contribution in [1.82, 2.24) is 0 Å². The summed E-state index contributed by atoms with van der Waals surface area (Å²) in [6.45, 7) is 4.72. The van der Waals surface area contributed by atoms with Gasteiger partial charge in [0.05, 0.1) is 6.61 Å². The highest BCUT2D eigenvalue weighted by Gasteiger charge is 2.28. The van der Waals surface area contributed by atoms with Crippen LogP contribution in [-0.4, -0.2) is 13.2 Å². The molecular formula is C25H32F2O2. The second kappa shape index (κ2) is 9.32. The maximum atomic E-state index is 14.3. The molecule has 2 nitrogen and oxygen atoms in total. The highest BCUT2D eigenvalue weighted by Crippen LogP contribution is 2.40. The van der Waals surface area contributed by atoms with Crippen molar-refractivity contribution in [2.75, 3.05) is 13.2 Å². The van der Waals surface area contributed by atoms with E-state index in [9.17, 15) is 8.78 Å². The van der Waals surface area contributed by atoms with Gasteiger partial charge >= 0.3 is 0 Å². The minimum atomic E-state index is -0.952. The van der Waals surface area contributed by atoms with Crippen LogP contribution < -0.4 is 9.47 Å². The van der Waals surface area contributed by atoms with E-state index in [4.69, 9.17) is 9.47 Å². The fourth-order valence-corrected chi connectivity index (χ4v) is 4.72. The Morgan fingerprint density at radius 3 is 2.17 bits per heavy atom. The molecule has 3 aliphatic carbocycles. The first-order valence-electron chi connectivity index (χ1n) is 11.2. The molecular weight excluding hydrogens is 370 g/mol. The number of hydrogen-bond acceptors (Lipinski definition) is 2. The zero-order valence-corrected chi connectivity index (χ0v) is 17.2. The van der Waals surface area contributed by atoms with E-state index in [1.165, 1.54) is 49.8 Å². The monoisotopic (exact) mass is 402 g/mol. The van der Waals surface area contributed by atoms with Gasteiger partial charge in [-0.05, 0) is 99.2 Å². The summed E-state index contributed by atoms with van der Waals surface area (Å²) < 4.78 is 39.5. The van der Waals surface area contributed by atoms with Crippen LogP contribution in [-0.2, 0) is 0 Å². The lowest BCUT2D eigenvalue weighted by Crippen LogP contribution is -2.23. The molecule has 4 rings (SSSR count). The summed E-state index contributed by atoms with van der Waals surface area (Å²) in [5.74, 6) is 0.811. The van der Waals surface area contributed by atoms with Gasteiger partial charge in [-0.2, -0.15) is 8.78 Å². The molecule has 0 heterocycles. The molecule has 3 aliphatic rings. The Labute approximate surface area is 173 Å². The molecule has 29 heavy (non-hydrogen) atoms. The highest BCUT2D eigenvalue weighted by atomic mass is 19.2. The second-order valence-electron chi connectivity index (χ2n) is 9.04. The number of benzene rings is 1.